The third-order valence-corrected chi connectivity index (χ3v) is 4.07. The van der Waals surface area contributed by atoms with Crippen molar-refractivity contribution in [2.45, 2.75) is 45.1 Å². The number of benzene rings is 2. The maximum absolute atomic E-state index is 3.71. The molecule has 2 aromatic rings. The van der Waals surface area contributed by atoms with Gasteiger partial charge in [-0.2, -0.15) is 0 Å². The van der Waals surface area contributed by atoms with Gasteiger partial charge in [-0.05, 0) is 24.5 Å². The number of nitrogens with one attached hydrogen (secondary N) is 1. The summed E-state index contributed by atoms with van der Waals surface area (Å²) in [5, 5.41) is 3.71. The summed E-state index contributed by atoms with van der Waals surface area (Å²) in [6.45, 7) is 5.55. The molecule has 0 aliphatic carbocycles. The van der Waals surface area contributed by atoms with Gasteiger partial charge in [0.2, 0.25) is 0 Å². The number of unbranched alkanes of at least 4 members (excludes halogenated alkanes) is 1. The van der Waals surface area contributed by atoms with Crippen LogP contribution in [0.15, 0.2) is 60.7 Å². The second kappa shape index (κ2) is 8.63. The normalized spacial score (nSPS) is 12.5. The SMILES string of the molecule is CCCCC(C)NCC(c1ccccc1)c1ccccc1. The molecule has 0 fully saturated rings. The van der Waals surface area contributed by atoms with Crippen LogP contribution in [0.4, 0.5) is 0 Å². The highest BCUT2D eigenvalue weighted by atomic mass is 14.9. The van der Waals surface area contributed by atoms with Crippen molar-refractivity contribution in [1.29, 1.82) is 0 Å². The fourth-order valence-electron chi connectivity index (χ4n) is 2.73. The van der Waals surface area contributed by atoms with Gasteiger partial charge in [0.05, 0.1) is 0 Å². The maximum atomic E-state index is 3.71. The van der Waals surface area contributed by atoms with Crippen LogP contribution in [0.5, 0.6) is 0 Å². The van der Waals surface area contributed by atoms with Gasteiger partial charge in [0.1, 0.15) is 0 Å². The lowest BCUT2D eigenvalue weighted by Crippen LogP contribution is -2.30. The minimum absolute atomic E-state index is 0.427. The zero-order valence-electron chi connectivity index (χ0n) is 13.3. The molecule has 1 N–H and O–H groups in total. The lowest BCUT2D eigenvalue weighted by atomic mass is 9.91. The lowest BCUT2D eigenvalue weighted by Gasteiger charge is -2.22. The highest BCUT2D eigenvalue weighted by Gasteiger charge is 2.14. The van der Waals surface area contributed by atoms with Crippen LogP contribution < -0.4 is 5.32 Å². The molecule has 0 amide bonds. The smallest absolute Gasteiger partial charge is 0.0214 e. The van der Waals surface area contributed by atoms with Crippen LogP contribution in [0, 0.1) is 0 Å². The summed E-state index contributed by atoms with van der Waals surface area (Å²) in [5.74, 6) is 0.427. The van der Waals surface area contributed by atoms with Crippen molar-refractivity contribution in [3.8, 4) is 0 Å². The molecule has 0 saturated carbocycles. The fraction of sp³-hybridized carbons (Fsp3) is 0.400. The van der Waals surface area contributed by atoms with Gasteiger partial charge >= 0.3 is 0 Å². The fourth-order valence-corrected chi connectivity index (χ4v) is 2.73. The highest BCUT2D eigenvalue weighted by molar-refractivity contribution is 5.32. The van der Waals surface area contributed by atoms with Crippen molar-refractivity contribution >= 4 is 0 Å². The van der Waals surface area contributed by atoms with Crippen LogP contribution in [0.25, 0.3) is 0 Å². The molecule has 1 heteroatoms. The minimum atomic E-state index is 0.427. The highest BCUT2D eigenvalue weighted by Crippen LogP contribution is 2.23. The van der Waals surface area contributed by atoms with E-state index in [2.05, 4.69) is 79.8 Å². The van der Waals surface area contributed by atoms with Gasteiger partial charge in [-0.3, -0.25) is 0 Å². The van der Waals surface area contributed by atoms with Crippen LogP contribution in [0.2, 0.25) is 0 Å². The Morgan fingerprint density at radius 2 is 1.38 bits per heavy atom. The monoisotopic (exact) mass is 281 g/mol. The Kier molecular flexibility index (Phi) is 6.49. The minimum Gasteiger partial charge on any atom is -0.313 e. The summed E-state index contributed by atoms with van der Waals surface area (Å²) in [6.07, 6.45) is 3.83. The molecule has 112 valence electrons. The Balaban J connectivity index is 2.07. The first-order valence-corrected chi connectivity index (χ1v) is 8.14. The van der Waals surface area contributed by atoms with E-state index >= 15 is 0 Å². The summed E-state index contributed by atoms with van der Waals surface area (Å²) in [5.41, 5.74) is 2.78. The summed E-state index contributed by atoms with van der Waals surface area (Å²) < 4.78 is 0. The van der Waals surface area contributed by atoms with Crippen LogP contribution in [-0.4, -0.2) is 12.6 Å². The van der Waals surface area contributed by atoms with E-state index in [0.717, 1.165) is 6.54 Å². The third-order valence-electron chi connectivity index (χ3n) is 4.07. The van der Waals surface area contributed by atoms with E-state index in [9.17, 15) is 0 Å². The molecule has 0 bridgehead atoms. The molecular weight excluding hydrogens is 254 g/mol. The van der Waals surface area contributed by atoms with E-state index in [4.69, 9.17) is 0 Å². The average Bonchev–Trinajstić information content (AvgIpc) is 2.55. The molecule has 1 unspecified atom stereocenters. The lowest BCUT2D eigenvalue weighted by molar-refractivity contribution is 0.484. The quantitative estimate of drug-likeness (QED) is 0.719. The van der Waals surface area contributed by atoms with Gasteiger partial charge in [0.15, 0.2) is 0 Å². The molecule has 2 aromatic carbocycles. The predicted octanol–water partition coefficient (Wildman–Crippen LogP) is 4.99. The molecule has 1 atom stereocenters. The van der Waals surface area contributed by atoms with E-state index in [-0.39, 0.29) is 0 Å². The average molecular weight is 281 g/mol. The first-order chi connectivity index (χ1) is 10.3. The summed E-state index contributed by atoms with van der Waals surface area (Å²) >= 11 is 0. The zero-order valence-corrected chi connectivity index (χ0v) is 13.3. The van der Waals surface area contributed by atoms with Crippen LogP contribution in [-0.2, 0) is 0 Å². The van der Waals surface area contributed by atoms with Gasteiger partial charge in [0.25, 0.3) is 0 Å². The Morgan fingerprint density at radius 1 is 0.857 bits per heavy atom. The Hall–Kier alpha value is -1.60. The van der Waals surface area contributed by atoms with E-state index in [0.29, 0.717) is 12.0 Å². The van der Waals surface area contributed by atoms with Gasteiger partial charge in [-0.1, -0.05) is 80.4 Å². The molecular formula is C20H27N. The molecule has 0 aliphatic heterocycles. The molecule has 0 radical (unpaired) electrons. The van der Waals surface area contributed by atoms with Crippen molar-refractivity contribution in [3.63, 3.8) is 0 Å². The Bertz CT molecular complexity index is 452. The first kappa shape index (κ1) is 15.8. The molecule has 2 rings (SSSR count). The van der Waals surface area contributed by atoms with Crippen LogP contribution >= 0.6 is 0 Å². The van der Waals surface area contributed by atoms with Crippen molar-refractivity contribution < 1.29 is 0 Å². The topological polar surface area (TPSA) is 12.0 Å². The molecule has 21 heavy (non-hydrogen) atoms. The number of hydrogen-bond acceptors (Lipinski definition) is 1. The van der Waals surface area contributed by atoms with E-state index in [1.54, 1.807) is 0 Å². The largest absolute Gasteiger partial charge is 0.313 e. The van der Waals surface area contributed by atoms with Gasteiger partial charge in [0, 0.05) is 18.5 Å². The molecule has 0 saturated heterocycles. The van der Waals surface area contributed by atoms with E-state index in [1.807, 2.05) is 0 Å². The number of rotatable bonds is 8. The maximum Gasteiger partial charge on any atom is 0.0214 e. The first-order valence-electron chi connectivity index (χ1n) is 8.14. The van der Waals surface area contributed by atoms with Gasteiger partial charge in [-0.25, -0.2) is 0 Å². The summed E-state index contributed by atoms with van der Waals surface area (Å²) in [7, 11) is 0. The second-order valence-electron chi connectivity index (χ2n) is 5.83. The van der Waals surface area contributed by atoms with Crippen molar-refractivity contribution in [2.75, 3.05) is 6.54 Å². The molecule has 1 nitrogen and oxygen atoms in total. The van der Waals surface area contributed by atoms with Crippen LogP contribution in [0.3, 0.4) is 0 Å². The molecule has 0 aromatic heterocycles. The molecule has 0 heterocycles. The van der Waals surface area contributed by atoms with Crippen molar-refractivity contribution in [3.05, 3.63) is 71.8 Å². The third kappa shape index (κ3) is 5.02. The predicted molar refractivity (Wildman–Crippen MR) is 91.7 cm³/mol. The standard InChI is InChI=1S/C20H27N/c1-3-4-11-17(2)21-16-20(18-12-7-5-8-13-18)19-14-9-6-10-15-19/h5-10,12-15,17,20-21H,3-4,11,16H2,1-2H3. The van der Waals surface area contributed by atoms with Crippen LogP contribution in [0.1, 0.15) is 50.2 Å². The summed E-state index contributed by atoms with van der Waals surface area (Å²) in [6, 6.07) is 22.2. The number of hydrogen-bond donors (Lipinski definition) is 1. The van der Waals surface area contributed by atoms with Gasteiger partial charge in [-0.15, -0.1) is 0 Å². The van der Waals surface area contributed by atoms with E-state index < -0.39 is 0 Å². The van der Waals surface area contributed by atoms with E-state index in [1.165, 1.54) is 30.4 Å². The second-order valence-corrected chi connectivity index (χ2v) is 5.83. The molecule has 0 aliphatic rings. The zero-order chi connectivity index (χ0) is 14.9. The Morgan fingerprint density at radius 3 is 1.86 bits per heavy atom. The Labute approximate surface area is 129 Å². The molecule has 0 spiro atoms. The summed E-state index contributed by atoms with van der Waals surface area (Å²) in [4.78, 5) is 0. The van der Waals surface area contributed by atoms with Gasteiger partial charge < -0.3 is 5.32 Å². The van der Waals surface area contributed by atoms with Crippen molar-refractivity contribution in [1.82, 2.24) is 5.32 Å². The van der Waals surface area contributed by atoms with Crippen molar-refractivity contribution in [2.24, 2.45) is 0 Å².